The highest BCUT2D eigenvalue weighted by molar-refractivity contribution is 5.94. The first-order valence-electron chi connectivity index (χ1n) is 6.64. The Kier molecular flexibility index (Phi) is 4.42. The van der Waals surface area contributed by atoms with Gasteiger partial charge in [0.1, 0.15) is 0 Å². The maximum absolute atomic E-state index is 11.7. The number of carboxylic acids is 1. The van der Waals surface area contributed by atoms with E-state index in [0.717, 1.165) is 12.8 Å². The summed E-state index contributed by atoms with van der Waals surface area (Å²) >= 11 is 0. The van der Waals surface area contributed by atoms with Crippen LogP contribution in [0.5, 0.6) is 0 Å². The number of carbonyl (C=O) groups is 3. The SMILES string of the molecule is Cc1cc(C(=O)O)ccc1NC(=O)NCC(=O)NC1CC1. The Hall–Kier alpha value is -2.57. The predicted octanol–water partition coefficient (Wildman–Crippen LogP) is 1.09. The molecule has 0 unspecified atom stereocenters. The minimum absolute atomic E-state index is 0.0887. The Morgan fingerprint density at radius 3 is 2.57 bits per heavy atom. The molecule has 1 fully saturated rings. The van der Waals surface area contributed by atoms with Crippen molar-refractivity contribution in [2.75, 3.05) is 11.9 Å². The second-order valence-electron chi connectivity index (χ2n) is 4.98. The lowest BCUT2D eigenvalue weighted by Crippen LogP contribution is -2.39. The van der Waals surface area contributed by atoms with E-state index in [2.05, 4.69) is 16.0 Å². The zero-order chi connectivity index (χ0) is 15.4. The van der Waals surface area contributed by atoms with E-state index >= 15 is 0 Å². The van der Waals surface area contributed by atoms with Gasteiger partial charge in [-0.05, 0) is 43.5 Å². The van der Waals surface area contributed by atoms with E-state index < -0.39 is 12.0 Å². The van der Waals surface area contributed by atoms with E-state index in [1.165, 1.54) is 18.2 Å². The third-order valence-electron chi connectivity index (χ3n) is 3.07. The summed E-state index contributed by atoms with van der Waals surface area (Å²) in [6.45, 7) is 1.61. The molecule has 2 rings (SSSR count). The Balaban J connectivity index is 1.84. The van der Waals surface area contributed by atoms with E-state index in [1.54, 1.807) is 6.92 Å². The van der Waals surface area contributed by atoms with Gasteiger partial charge in [0, 0.05) is 11.7 Å². The van der Waals surface area contributed by atoms with Crippen LogP contribution < -0.4 is 16.0 Å². The molecule has 1 aromatic carbocycles. The maximum Gasteiger partial charge on any atom is 0.335 e. The molecule has 7 nitrogen and oxygen atoms in total. The Morgan fingerprint density at radius 2 is 2.00 bits per heavy atom. The number of aryl methyl sites for hydroxylation is 1. The van der Waals surface area contributed by atoms with E-state index in [9.17, 15) is 14.4 Å². The van der Waals surface area contributed by atoms with Gasteiger partial charge in [-0.2, -0.15) is 0 Å². The van der Waals surface area contributed by atoms with Crippen LogP contribution in [0.3, 0.4) is 0 Å². The van der Waals surface area contributed by atoms with Crippen LogP contribution in [0.2, 0.25) is 0 Å². The fourth-order valence-corrected chi connectivity index (χ4v) is 1.77. The van der Waals surface area contributed by atoms with Crippen molar-refractivity contribution in [2.24, 2.45) is 0 Å². The Bertz CT molecular complexity index is 582. The van der Waals surface area contributed by atoms with Crippen LogP contribution in [0, 0.1) is 6.92 Å². The third-order valence-corrected chi connectivity index (χ3v) is 3.07. The standard InChI is InChI=1S/C14H17N3O4/c1-8-6-9(13(19)20)2-5-11(8)17-14(21)15-7-12(18)16-10-3-4-10/h2,5-6,10H,3-4,7H2,1H3,(H,16,18)(H,19,20)(H2,15,17,21). The quantitative estimate of drug-likeness (QED) is 0.651. The summed E-state index contributed by atoms with van der Waals surface area (Å²) in [6.07, 6.45) is 1.99. The van der Waals surface area contributed by atoms with Gasteiger partial charge in [-0.1, -0.05) is 0 Å². The van der Waals surface area contributed by atoms with E-state index in [-0.39, 0.29) is 24.1 Å². The number of amides is 3. The molecule has 112 valence electrons. The highest BCUT2D eigenvalue weighted by Gasteiger charge is 2.23. The number of hydrogen-bond acceptors (Lipinski definition) is 3. The Labute approximate surface area is 121 Å². The Morgan fingerprint density at radius 1 is 1.29 bits per heavy atom. The average Bonchev–Trinajstić information content (AvgIpc) is 3.22. The summed E-state index contributed by atoms with van der Waals surface area (Å²) in [5.74, 6) is -1.24. The first-order valence-corrected chi connectivity index (χ1v) is 6.64. The number of nitrogens with one attached hydrogen (secondary N) is 3. The van der Waals surface area contributed by atoms with Crippen LogP contribution in [0.1, 0.15) is 28.8 Å². The topological polar surface area (TPSA) is 108 Å². The molecule has 0 bridgehead atoms. The average molecular weight is 291 g/mol. The molecule has 0 aromatic heterocycles. The molecule has 0 saturated heterocycles. The van der Waals surface area contributed by atoms with Gasteiger partial charge in [0.05, 0.1) is 12.1 Å². The van der Waals surface area contributed by atoms with Crippen molar-refractivity contribution in [3.05, 3.63) is 29.3 Å². The van der Waals surface area contributed by atoms with Crippen LogP contribution in [-0.4, -0.2) is 35.6 Å². The zero-order valence-electron chi connectivity index (χ0n) is 11.6. The molecule has 0 radical (unpaired) electrons. The van der Waals surface area contributed by atoms with Crippen LogP contribution in [0.15, 0.2) is 18.2 Å². The molecule has 0 aliphatic heterocycles. The summed E-state index contributed by atoms with van der Waals surface area (Å²) in [5.41, 5.74) is 1.29. The van der Waals surface area contributed by atoms with E-state index in [4.69, 9.17) is 5.11 Å². The second-order valence-corrected chi connectivity index (χ2v) is 4.98. The molecule has 1 aliphatic carbocycles. The summed E-state index contributed by atoms with van der Waals surface area (Å²) in [6, 6.07) is 4.14. The van der Waals surface area contributed by atoms with Crippen LogP contribution in [-0.2, 0) is 4.79 Å². The summed E-state index contributed by atoms with van der Waals surface area (Å²) in [5, 5.41) is 16.6. The van der Waals surface area contributed by atoms with Crippen molar-refractivity contribution < 1.29 is 19.5 Å². The number of anilines is 1. The van der Waals surface area contributed by atoms with Crippen molar-refractivity contribution in [3.63, 3.8) is 0 Å². The van der Waals surface area contributed by atoms with Gasteiger partial charge in [-0.15, -0.1) is 0 Å². The number of carbonyl (C=O) groups excluding carboxylic acids is 2. The second kappa shape index (κ2) is 6.25. The molecule has 0 spiro atoms. The van der Waals surface area contributed by atoms with Crippen molar-refractivity contribution in [3.8, 4) is 0 Å². The number of urea groups is 1. The monoisotopic (exact) mass is 291 g/mol. The van der Waals surface area contributed by atoms with Crippen molar-refractivity contribution >= 4 is 23.6 Å². The number of rotatable bonds is 5. The lowest BCUT2D eigenvalue weighted by molar-refractivity contribution is -0.120. The molecular formula is C14H17N3O4. The molecule has 3 amide bonds. The smallest absolute Gasteiger partial charge is 0.335 e. The maximum atomic E-state index is 11.7. The van der Waals surface area contributed by atoms with Gasteiger partial charge in [0.25, 0.3) is 0 Å². The number of aromatic carboxylic acids is 1. The number of hydrogen-bond donors (Lipinski definition) is 4. The van der Waals surface area contributed by atoms with E-state index in [1.807, 2.05) is 0 Å². The first-order chi connectivity index (χ1) is 9.95. The molecule has 21 heavy (non-hydrogen) atoms. The van der Waals surface area contributed by atoms with Gasteiger partial charge in [0.15, 0.2) is 0 Å². The molecule has 1 aliphatic rings. The zero-order valence-corrected chi connectivity index (χ0v) is 11.6. The normalized spacial score (nSPS) is 13.4. The molecule has 0 heterocycles. The van der Waals surface area contributed by atoms with Gasteiger partial charge < -0.3 is 21.1 Å². The lowest BCUT2D eigenvalue weighted by Gasteiger charge is -2.10. The van der Waals surface area contributed by atoms with Crippen molar-refractivity contribution in [1.82, 2.24) is 10.6 Å². The van der Waals surface area contributed by atoms with Gasteiger partial charge >= 0.3 is 12.0 Å². The molecule has 1 aromatic rings. The van der Waals surface area contributed by atoms with Crippen LogP contribution in [0.4, 0.5) is 10.5 Å². The lowest BCUT2D eigenvalue weighted by atomic mass is 10.1. The molecule has 7 heteroatoms. The van der Waals surface area contributed by atoms with E-state index in [0.29, 0.717) is 11.3 Å². The fourth-order valence-electron chi connectivity index (χ4n) is 1.77. The van der Waals surface area contributed by atoms with Gasteiger partial charge in [-0.3, -0.25) is 4.79 Å². The number of benzene rings is 1. The predicted molar refractivity (Wildman–Crippen MR) is 76.3 cm³/mol. The van der Waals surface area contributed by atoms with Crippen molar-refractivity contribution in [1.29, 1.82) is 0 Å². The number of carboxylic acid groups (broad SMARTS) is 1. The minimum Gasteiger partial charge on any atom is -0.478 e. The summed E-state index contributed by atoms with van der Waals surface area (Å²) < 4.78 is 0. The van der Waals surface area contributed by atoms with Crippen molar-refractivity contribution in [2.45, 2.75) is 25.8 Å². The first kappa shape index (κ1) is 14.8. The summed E-state index contributed by atoms with van der Waals surface area (Å²) in [7, 11) is 0. The third kappa shape index (κ3) is 4.48. The molecule has 4 N–H and O–H groups in total. The molecule has 0 atom stereocenters. The molecule has 1 saturated carbocycles. The summed E-state index contributed by atoms with van der Waals surface area (Å²) in [4.78, 5) is 33.9. The highest BCUT2D eigenvalue weighted by Crippen LogP contribution is 2.18. The largest absolute Gasteiger partial charge is 0.478 e. The minimum atomic E-state index is -1.02. The van der Waals surface area contributed by atoms with Crippen LogP contribution >= 0.6 is 0 Å². The fraction of sp³-hybridized carbons (Fsp3) is 0.357. The molecular weight excluding hydrogens is 274 g/mol. The van der Waals surface area contributed by atoms with Gasteiger partial charge in [0.2, 0.25) is 5.91 Å². The highest BCUT2D eigenvalue weighted by atomic mass is 16.4. The van der Waals surface area contributed by atoms with Crippen LogP contribution in [0.25, 0.3) is 0 Å². The van der Waals surface area contributed by atoms with Gasteiger partial charge in [-0.25, -0.2) is 9.59 Å².